The minimum Gasteiger partial charge on any atom is -0.126 e. The molecule has 0 unspecified atom stereocenters. The van der Waals surface area contributed by atoms with Crippen molar-refractivity contribution in [3.63, 3.8) is 0 Å². The third-order valence-corrected chi connectivity index (χ3v) is 13.9. The standard InChI is InChI=1S/C40H42Si/c1-27(2)24-41(25-28(3)4,26-29(5)6)14-13-30-11-12-33-18-37-22-39-20-35-16-31-9-7-8-10-32(31)17-36(35)21-40(39)23-38(37)19-34(33)15-30/h7-12,15-23,27-29H,24-26H2,1-6H3. The molecule has 0 heterocycles. The van der Waals surface area contributed by atoms with Crippen LogP contribution in [-0.2, 0) is 0 Å². The second kappa shape index (κ2) is 11.0. The minimum absolute atomic E-state index is 0.696. The molecule has 6 aromatic carbocycles. The van der Waals surface area contributed by atoms with Gasteiger partial charge in [0.1, 0.15) is 8.07 Å². The quantitative estimate of drug-likeness (QED) is 0.110. The Labute approximate surface area is 246 Å². The molecule has 0 bridgehead atoms. The molecule has 6 rings (SSSR count). The normalized spacial score (nSPS) is 12.4. The molecule has 0 spiro atoms. The summed E-state index contributed by atoms with van der Waals surface area (Å²) in [6.07, 6.45) is 0. The average molecular weight is 551 g/mol. The summed E-state index contributed by atoms with van der Waals surface area (Å²) in [5.41, 5.74) is 5.14. The van der Waals surface area contributed by atoms with Crippen LogP contribution >= 0.6 is 0 Å². The van der Waals surface area contributed by atoms with Crippen molar-refractivity contribution in [1.82, 2.24) is 0 Å². The first-order valence-electron chi connectivity index (χ1n) is 15.4. The lowest BCUT2D eigenvalue weighted by Crippen LogP contribution is -2.37. The summed E-state index contributed by atoms with van der Waals surface area (Å²) in [5, 5.41) is 12.9. The Balaban J connectivity index is 1.43. The highest BCUT2D eigenvalue weighted by Crippen LogP contribution is 2.34. The zero-order valence-corrected chi connectivity index (χ0v) is 26.5. The average Bonchev–Trinajstić information content (AvgIpc) is 2.90. The maximum Gasteiger partial charge on any atom is 0.139 e. The van der Waals surface area contributed by atoms with Crippen LogP contribution in [0, 0.1) is 29.2 Å². The summed E-state index contributed by atoms with van der Waals surface area (Å²) in [5.74, 6) is 5.81. The van der Waals surface area contributed by atoms with E-state index in [4.69, 9.17) is 0 Å². The molecule has 206 valence electrons. The van der Waals surface area contributed by atoms with E-state index in [1.165, 1.54) is 72.0 Å². The van der Waals surface area contributed by atoms with Crippen molar-refractivity contribution in [2.24, 2.45) is 17.8 Å². The van der Waals surface area contributed by atoms with E-state index in [1.54, 1.807) is 0 Å². The fourth-order valence-corrected chi connectivity index (χ4v) is 13.1. The van der Waals surface area contributed by atoms with Gasteiger partial charge in [0.25, 0.3) is 0 Å². The monoisotopic (exact) mass is 550 g/mol. The van der Waals surface area contributed by atoms with E-state index in [1.807, 2.05) is 0 Å². The van der Waals surface area contributed by atoms with Crippen LogP contribution in [0.25, 0.3) is 53.9 Å². The van der Waals surface area contributed by atoms with E-state index < -0.39 is 8.07 Å². The van der Waals surface area contributed by atoms with Crippen LogP contribution in [0.5, 0.6) is 0 Å². The highest BCUT2D eigenvalue weighted by molar-refractivity contribution is 6.87. The minimum atomic E-state index is -1.71. The molecule has 0 saturated carbocycles. The molecule has 0 atom stereocenters. The summed E-state index contributed by atoms with van der Waals surface area (Å²) in [4.78, 5) is 0. The number of hydrogen-bond acceptors (Lipinski definition) is 0. The topological polar surface area (TPSA) is 0 Å². The molecular formula is C40H42Si. The van der Waals surface area contributed by atoms with Crippen LogP contribution in [-0.4, -0.2) is 8.07 Å². The molecule has 0 aromatic heterocycles. The summed E-state index contributed by atoms with van der Waals surface area (Å²) in [6.45, 7) is 14.2. The van der Waals surface area contributed by atoms with Gasteiger partial charge < -0.3 is 0 Å². The molecule has 0 amide bonds. The van der Waals surface area contributed by atoms with Crippen LogP contribution in [0.4, 0.5) is 0 Å². The summed E-state index contributed by atoms with van der Waals surface area (Å²) in [7, 11) is -1.71. The number of hydrogen-bond donors (Lipinski definition) is 0. The van der Waals surface area contributed by atoms with Crippen LogP contribution in [0.2, 0.25) is 18.1 Å². The molecule has 0 aliphatic carbocycles. The van der Waals surface area contributed by atoms with Gasteiger partial charge in [-0.1, -0.05) is 77.8 Å². The summed E-state index contributed by atoms with van der Waals surface area (Å²) >= 11 is 0. The first-order chi connectivity index (χ1) is 19.7. The predicted molar refractivity (Wildman–Crippen MR) is 186 cm³/mol. The van der Waals surface area contributed by atoms with E-state index in [0.29, 0.717) is 17.8 Å². The van der Waals surface area contributed by atoms with Gasteiger partial charge in [0, 0.05) is 5.56 Å². The fraction of sp³-hybridized carbons (Fsp3) is 0.300. The highest BCUT2D eigenvalue weighted by atomic mass is 28.3. The van der Waals surface area contributed by atoms with E-state index in [2.05, 4.69) is 144 Å². The summed E-state index contributed by atoms with van der Waals surface area (Å²) in [6, 6.07) is 38.1. The maximum atomic E-state index is 3.99. The largest absolute Gasteiger partial charge is 0.139 e. The van der Waals surface area contributed by atoms with Crippen molar-refractivity contribution < 1.29 is 0 Å². The Bertz CT molecular complexity index is 1940. The molecule has 41 heavy (non-hydrogen) atoms. The van der Waals surface area contributed by atoms with Gasteiger partial charge in [-0.3, -0.25) is 0 Å². The van der Waals surface area contributed by atoms with E-state index in [-0.39, 0.29) is 0 Å². The van der Waals surface area contributed by atoms with Crippen molar-refractivity contribution in [2.75, 3.05) is 0 Å². The first kappa shape index (κ1) is 27.6. The molecule has 0 fully saturated rings. The van der Waals surface area contributed by atoms with Gasteiger partial charge in [-0.05, 0) is 150 Å². The van der Waals surface area contributed by atoms with Crippen LogP contribution < -0.4 is 0 Å². The molecule has 0 N–H and O–H groups in total. The third-order valence-electron chi connectivity index (χ3n) is 8.44. The second-order valence-corrected chi connectivity index (χ2v) is 17.7. The lowest BCUT2D eigenvalue weighted by atomic mass is 9.96. The van der Waals surface area contributed by atoms with Crippen molar-refractivity contribution in [2.45, 2.75) is 59.7 Å². The molecule has 0 aliphatic rings. The van der Waals surface area contributed by atoms with Crippen LogP contribution in [0.15, 0.2) is 91.0 Å². The first-order valence-corrected chi connectivity index (χ1v) is 18.1. The molecule has 1 heteroatoms. The Kier molecular flexibility index (Phi) is 7.39. The number of fused-ring (bicyclic) bond motifs is 5. The SMILES string of the molecule is CC(C)C[Si](C#Cc1ccc2cc3cc4cc5cc6ccccc6cc5cc4cc3cc2c1)(CC(C)C)CC(C)C. The number of rotatable bonds is 6. The van der Waals surface area contributed by atoms with Crippen molar-refractivity contribution >= 4 is 61.9 Å². The predicted octanol–water partition coefficient (Wildman–Crippen LogP) is 11.8. The number of benzene rings is 6. The fourth-order valence-electron chi connectivity index (χ4n) is 7.23. The van der Waals surface area contributed by atoms with Crippen molar-refractivity contribution in [1.29, 1.82) is 0 Å². The van der Waals surface area contributed by atoms with Gasteiger partial charge >= 0.3 is 0 Å². The Morgan fingerprint density at radius 1 is 0.439 bits per heavy atom. The van der Waals surface area contributed by atoms with Gasteiger partial charge in [-0.25, -0.2) is 0 Å². The Morgan fingerprint density at radius 2 is 0.780 bits per heavy atom. The molecule has 6 aromatic rings. The van der Waals surface area contributed by atoms with Gasteiger partial charge in [0.05, 0.1) is 0 Å². The molecule has 0 radical (unpaired) electrons. The molecule has 0 nitrogen and oxygen atoms in total. The highest BCUT2D eigenvalue weighted by Gasteiger charge is 2.33. The van der Waals surface area contributed by atoms with Gasteiger partial charge in [0.2, 0.25) is 0 Å². The van der Waals surface area contributed by atoms with Gasteiger partial charge in [-0.15, -0.1) is 5.54 Å². The van der Waals surface area contributed by atoms with Crippen LogP contribution in [0.1, 0.15) is 47.1 Å². The van der Waals surface area contributed by atoms with E-state index in [0.717, 1.165) is 5.56 Å². The zero-order valence-electron chi connectivity index (χ0n) is 25.5. The van der Waals surface area contributed by atoms with Gasteiger partial charge in [-0.2, -0.15) is 0 Å². The second-order valence-electron chi connectivity index (χ2n) is 13.7. The smallest absolute Gasteiger partial charge is 0.126 e. The summed E-state index contributed by atoms with van der Waals surface area (Å²) < 4.78 is 0. The van der Waals surface area contributed by atoms with Crippen LogP contribution in [0.3, 0.4) is 0 Å². The lowest BCUT2D eigenvalue weighted by Gasteiger charge is -2.31. The lowest BCUT2D eigenvalue weighted by molar-refractivity contribution is 0.650. The van der Waals surface area contributed by atoms with Gasteiger partial charge in [0.15, 0.2) is 0 Å². The van der Waals surface area contributed by atoms with Crippen molar-refractivity contribution in [3.05, 3.63) is 96.6 Å². The zero-order chi connectivity index (χ0) is 28.7. The maximum absolute atomic E-state index is 3.99. The molecule has 0 saturated heterocycles. The Hall–Kier alpha value is -3.60. The van der Waals surface area contributed by atoms with E-state index in [9.17, 15) is 0 Å². The Morgan fingerprint density at radius 3 is 1.17 bits per heavy atom. The van der Waals surface area contributed by atoms with E-state index >= 15 is 0 Å². The van der Waals surface area contributed by atoms with Crippen molar-refractivity contribution in [3.8, 4) is 11.5 Å². The molecule has 0 aliphatic heterocycles. The molecular weight excluding hydrogens is 509 g/mol. The third kappa shape index (κ3) is 5.90.